The lowest BCUT2D eigenvalue weighted by Crippen LogP contribution is -2.56. The fourth-order valence-electron chi connectivity index (χ4n) is 5.19. The van der Waals surface area contributed by atoms with Crippen molar-refractivity contribution in [1.29, 1.82) is 0 Å². The molecule has 0 amide bonds. The molecule has 1 atom stereocenters. The second kappa shape index (κ2) is 8.70. The van der Waals surface area contributed by atoms with Gasteiger partial charge in [0, 0.05) is 43.5 Å². The SMILES string of the molecule is CCn1c(C)nc2c(F)cc(-c3nc(Nc4ccc5c(c4)OC[C@@H]4CN(C)CCN54)ncc3F)cc21. The second-order valence-electron chi connectivity index (χ2n) is 9.35. The molecule has 1 saturated heterocycles. The number of rotatable bonds is 4. The average molecular weight is 492 g/mol. The van der Waals surface area contributed by atoms with Crippen molar-refractivity contribution >= 4 is 28.4 Å². The van der Waals surface area contributed by atoms with Crippen molar-refractivity contribution in [3.63, 3.8) is 0 Å². The summed E-state index contributed by atoms with van der Waals surface area (Å²) in [6, 6.07) is 9.19. The third kappa shape index (κ3) is 3.81. The second-order valence-corrected chi connectivity index (χ2v) is 9.35. The van der Waals surface area contributed by atoms with Gasteiger partial charge < -0.3 is 24.4 Å². The number of piperazine rings is 1. The van der Waals surface area contributed by atoms with Gasteiger partial charge in [-0.05, 0) is 45.2 Å². The zero-order valence-electron chi connectivity index (χ0n) is 20.4. The van der Waals surface area contributed by atoms with Crippen molar-refractivity contribution in [2.75, 3.05) is 43.5 Å². The molecule has 0 radical (unpaired) electrons. The summed E-state index contributed by atoms with van der Waals surface area (Å²) in [7, 11) is 2.13. The molecule has 186 valence electrons. The molecular formula is C26H27F2N7O. The number of aromatic nitrogens is 4. The molecule has 0 bridgehead atoms. The molecule has 36 heavy (non-hydrogen) atoms. The molecule has 0 spiro atoms. The minimum absolute atomic E-state index is 0.0179. The van der Waals surface area contributed by atoms with Crippen LogP contribution in [0, 0.1) is 18.6 Å². The topological polar surface area (TPSA) is 71.3 Å². The zero-order chi connectivity index (χ0) is 25.0. The van der Waals surface area contributed by atoms with E-state index in [9.17, 15) is 8.78 Å². The average Bonchev–Trinajstić information content (AvgIpc) is 3.20. The number of nitrogens with zero attached hydrogens (tertiary/aromatic N) is 6. The van der Waals surface area contributed by atoms with Gasteiger partial charge in [-0.3, -0.25) is 0 Å². The summed E-state index contributed by atoms with van der Waals surface area (Å²) in [5.41, 5.74) is 3.00. The molecule has 0 saturated carbocycles. The normalized spacial score (nSPS) is 17.6. The maximum absolute atomic E-state index is 14.9. The number of halogens is 2. The highest BCUT2D eigenvalue weighted by atomic mass is 19.1. The van der Waals surface area contributed by atoms with Gasteiger partial charge in [0.05, 0.1) is 23.4 Å². The first-order valence-corrected chi connectivity index (χ1v) is 12.1. The van der Waals surface area contributed by atoms with Crippen LogP contribution < -0.4 is 15.0 Å². The first-order valence-electron chi connectivity index (χ1n) is 12.1. The number of hydrogen-bond donors (Lipinski definition) is 1. The standard InChI is InChI=1S/C26H27F2N7O/c1-4-34-15(2)30-25-19(27)9-16(10-22(25)34)24-20(28)12-29-26(32-24)31-17-5-6-21-23(11-17)36-14-18-13-33(3)7-8-35(18)21/h5-6,9-12,18H,4,7-8,13-14H2,1-3H3,(H,29,31,32)/t18-/m0/s1. The number of anilines is 3. The van der Waals surface area contributed by atoms with Gasteiger partial charge >= 0.3 is 0 Å². The maximum Gasteiger partial charge on any atom is 0.227 e. The summed E-state index contributed by atoms with van der Waals surface area (Å²) in [5.74, 6) is 0.554. The van der Waals surface area contributed by atoms with Crippen LogP contribution in [0.1, 0.15) is 12.7 Å². The number of ether oxygens (including phenoxy) is 1. The lowest BCUT2D eigenvalue weighted by molar-refractivity contribution is 0.188. The maximum atomic E-state index is 14.9. The van der Waals surface area contributed by atoms with Crippen LogP contribution in [0.4, 0.5) is 26.1 Å². The third-order valence-corrected chi connectivity index (χ3v) is 6.97. The fourth-order valence-corrected chi connectivity index (χ4v) is 5.19. The number of nitrogens with one attached hydrogen (secondary N) is 1. The Morgan fingerprint density at radius 2 is 1.97 bits per heavy atom. The Labute approximate surface area is 207 Å². The Hall–Kier alpha value is -3.79. The number of fused-ring (bicyclic) bond motifs is 4. The molecule has 2 aliphatic rings. The van der Waals surface area contributed by atoms with E-state index in [1.165, 1.54) is 6.07 Å². The summed E-state index contributed by atoms with van der Waals surface area (Å²) >= 11 is 0. The Morgan fingerprint density at radius 3 is 2.81 bits per heavy atom. The quantitative estimate of drug-likeness (QED) is 0.455. The van der Waals surface area contributed by atoms with E-state index in [0.717, 1.165) is 43.0 Å². The van der Waals surface area contributed by atoms with Gasteiger partial charge in [-0.15, -0.1) is 0 Å². The molecule has 4 heterocycles. The summed E-state index contributed by atoms with van der Waals surface area (Å²) in [5, 5.41) is 3.14. The molecule has 10 heteroatoms. The van der Waals surface area contributed by atoms with Crippen molar-refractivity contribution < 1.29 is 13.5 Å². The summed E-state index contributed by atoms with van der Waals surface area (Å²) < 4.78 is 37.6. The summed E-state index contributed by atoms with van der Waals surface area (Å²) in [4.78, 5) is 17.5. The van der Waals surface area contributed by atoms with Crippen molar-refractivity contribution in [3.05, 3.63) is 54.0 Å². The number of benzene rings is 2. The number of likely N-dealkylation sites (N-methyl/N-ethyl adjacent to an activating group) is 1. The van der Waals surface area contributed by atoms with Gasteiger partial charge in [0.2, 0.25) is 5.95 Å². The van der Waals surface area contributed by atoms with Crippen LogP contribution in [-0.4, -0.2) is 63.7 Å². The summed E-state index contributed by atoms with van der Waals surface area (Å²) in [6.07, 6.45) is 1.10. The highest BCUT2D eigenvalue weighted by molar-refractivity contribution is 5.83. The summed E-state index contributed by atoms with van der Waals surface area (Å²) in [6.45, 7) is 7.95. The van der Waals surface area contributed by atoms with Crippen LogP contribution >= 0.6 is 0 Å². The van der Waals surface area contributed by atoms with E-state index in [2.05, 4.69) is 37.1 Å². The number of hydrogen-bond acceptors (Lipinski definition) is 7. The lowest BCUT2D eigenvalue weighted by Gasteiger charge is -2.44. The molecule has 6 rings (SSSR count). The Morgan fingerprint density at radius 1 is 1.11 bits per heavy atom. The van der Waals surface area contributed by atoms with Crippen molar-refractivity contribution in [3.8, 4) is 17.0 Å². The van der Waals surface area contributed by atoms with Crippen molar-refractivity contribution in [2.45, 2.75) is 26.4 Å². The first kappa shape index (κ1) is 22.7. The van der Waals surface area contributed by atoms with Crippen molar-refractivity contribution in [2.24, 2.45) is 0 Å². The zero-order valence-corrected chi connectivity index (χ0v) is 20.4. The van der Waals surface area contributed by atoms with Crippen LogP contribution in [0.25, 0.3) is 22.3 Å². The van der Waals surface area contributed by atoms with Crippen LogP contribution in [0.15, 0.2) is 36.5 Å². The molecule has 8 nitrogen and oxygen atoms in total. The first-order chi connectivity index (χ1) is 17.4. The predicted octanol–water partition coefficient (Wildman–Crippen LogP) is 4.36. The van der Waals surface area contributed by atoms with E-state index >= 15 is 0 Å². The highest BCUT2D eigenvalue weighted by Crippen LogP contribution is 2.38. The molecule has 2 aromatic carbocycles. The van der Waals surface area contributed by atoms with Crippen LogP contribution in [-0.2, 0) is 6.54 Å². The third-order valence-electron chi connectivity index (χ3n) is 6.97. The Kier molecular flexibility index (Phi) is 5.48. The van der Waals surface area contributed by atoms with E-state index in [1.807, 2.05) is 36.6 Å². The molecule has 0 unspecified atom stereocenters. The van der Waals surface area contributed by atoms with Gasteiger partial charge in [0.1, 0.15) is 29.4 Å². The van der Waals surface area contributed by atoms with E-state index in [0.29, 0.717) is 36.1 Å². The van der Waals surface area contributed by atoms with Gasteiger partial charge in [-0.2, -0.15) is 0 Å². The van der Waals surface area contributed by atoms with Crippen LogP contribution in [0.2, 0.25) is 0 Å². The minimum Gasteiger partial charge on any atom is -0.489 e. The van der Waals surface area contributed by atoms with E-state index in [-0.39, 0.29) is 17.2 Å². The van der Waals surface area contributed by atoms with E-state index in [4.69, 9.17) is 4.74 Å². The van der Waals surface area contributed by atoms with E-state index in [1.54, 1.807) is 6.07 Å². The van der Waals surface area contributed by atoms with Crippen molar-refractivity contribution in [1.82, 2.24) is 24.4 Å². The minimum atomic E-state index is -0.631. The molecule has 4 aromatic rings. The van der Waals surface area contributed by atoms with Gasteiger partial charge in [0.25, 0.3) is 0 Å². The molecule has 2 aromatic heterocycles. The lowest BCUT2D eigenvalue weighted by atomic mass is 10.1. The fraction of sp³-hybridized carbons (Fsp3) is 0.346. The van der Waals surface area contributed by atoms with Crippen LogP contribution in [0.5, 0.6) is 5.75 Å². The Balaban J connectivity index is 1.31. The largest absolute Gasteiger partial charge is 0.489 e. The number of imidazole rings is 1. The molecule has 0 aliphatic carbocycles. The van der Waals surface area contributed by atoms with Crippen LogP contribution in [0.3, 0.4) is 0 Å². The predicted molar refractivity (Wildman–Crippen MR) is 135 cm³/mol. The van der Waals surface area contributed by atoms with Gasteiger partial charge in [0.15, 0.2) is 11.6 Å². The Bertz CT molecular complexity index is 1470. The molecular weight excluding hydrogens is 464 g/mol. The van der Waals surface area contributed by atoms with Gasteiger partial charge in [-0.25, -0.2) is 23.7 Å². The van der Waals surface area contributed by atoms with E-state index < -0.39 is 11.6 Å². The highest BCUT2D eigenvalue weighted by Gasteiger charge is 2.31. The van der Waals surface area contributed by atoms with Gasteiger partial charge in [-0.1, -0.05) is 0 Å². The number of aryl methyl sites for hydroxylation is 2. The molecule has 2 aliphatic heterocycles. The molecule has 1 N–H and O–H groups in total. The monoisotopic (exact) mass is 491 g/mol. The molecule has 1 fully saturated rings. The smallest absolute Gasteiger partial charge is 0.227 e.